The average Bonchev–Trinajstić information content (AvgIpc) is 2.47. The number of nitrogens with one attached hydrogen (secondary N) is 1. The number of halogens is 1. The van der Waals surface area contributed by atoms with Gasteiger partial charge < -0.3 is 10.1 Å². The highest BCUT2D eigenvalue weighted by Crippen LogP contribution is 2.28. The zero-order valence-corrected chi connectivity index (χ0v) is 12.1. The van der Waals surface area contributed by atoms with E-state index in [2.05, 4.69) is 5.32 Å². The van der Waals surface area contributed by atoms with Crippen molar-refractivity contribution < 1.29 is 9.53 Å². The molecule has 0 radical (unpaired) electrons. The number of hydrogen-bond donors (Lipinski definition) is 1. The van der Waals surface area contributed by atoms with Gasteiger partial charge in [-0.1, -0.05) is 36.4 Å². The van der Waals surface area contributed by atoms with E-state index in [1.165, 1.54) is 0 Å². The van der Waals surface area contributed by atoms with Gasteiger partial charge in [-0.2, -0.15) is 0 Å². The lowest BCUT2D eigenvalue weighted by Crippen LogP contribution is -2.17. The first-order chi connectivity index (χ1) is 9.61. The highest BCUT2D eigenvalue weighted by molar-refractivity contribution is 6.32. The van der Waals surface area contributed by atoms with Crippen molar-refractivity contribution >= 4 is 23.2 Å². The summed E-state index contributed by atoms with van der Waals surface area (Å²) < 4.78 is 5.23. The summed E-state index contributed by atoms with van der Waals surface area (Å²) in [6, 6.07) is 14.8. The fraction of sp³-hybridized carbons (Fsp3) is 0.188. The molecule has 0 aliphatic carbocycles. The van der Waals surface area contributed by atoms with Crippen molar-refractivity contribution in [2.45, 2.75) is 12.3 Å². The maximum absolute atomic E-state index is 12.2. The molecule has 1 atom stereocenters. The lowest BCUT2D eigenvalue weighted by atomic mass is 10.1. The zero-order chi connectivity index (χ0) is 14.5. The van der Waals surface area contributed by atoms with E-state index in [4.69, 9.17) is 16.3 Å². The van der Waals surface area contributed by atoms with E-state index in [1.807, 2.05) is 55.5 Å². The van der Waals surface area contributed by atoms with Crippen molar-refractivity contribution in [1.29, 1.82) is 0 Å². The van der Waals surface area contributed by atoms with Crippen LogP contribution in [0.15, 0.2) is 48.5 Å². The number of alkyl halides is 1. The van der Waals surface area contributed by atoms with Crippen molar-refractivity contribution in [3.63, 3.8) is 0 Å². The van der Waals surface area contributed by atoms with Gasteiger partial charge in [-0.15, -0.1) is 11.6 Å². The average molecular weight is 290 g/mol. The van der Waals surface area contributed by atoms with Crippen LogP contribution in [0, 0.1) is 6.92 Å². The standard InChI is InChI=1S/C16H16ClNO2/c1-11-8-9-14(20-2)13(10-11)18-16(19)15(17)12-6-4-3-5-7-12/h3-10,15H,1-2H3,(H,18,19)/t15-/m1/s1. The summed E-state index contributed by atoms with van der Waals surface area (Å²) >= 11 is 6.19. The number of hydrogen-bond acceptors (Lipinski definition) is 2. The molecule has 0 heterocycles. The number of carbonyl (C=O) groups is 1. The maximum Gasteiger partial charge on any atom is 0.247 e. The Labute approximate surface area is 123 Å². The number of carbonyl (C=O) groups excluding carboxylic acids is 1. The summed E-state index contributed by atoms with van der Waals surface area (Å²) in [7, 11) is 1.57. The normalized spacial score (nSPS) is 11.8. The Balaban J connectivity index is 2.18. The molecule has 2 aromatic carbocycles. The number of amides is 1. The lowest BCUT2D eigenvalue weighted by molar-refractivity contribution is -0.116. The summed E-state index contributed by atoms with van der Waals surface area (Å²) in [6.45, 7) is 1.95. The second-order valence-corrected chi connectivity index (χ2v) is 4.90. The van der Waals surface area contributed by atoms with Gasteiger partial charge in [0.1, 0.15) is 11.1 Å². The number of aryl methyl sites for hydroxylation is 1. The van der Waals surface area contributed by atoms with E-state index in [1.54, 1.807) is 7.11 Å². The topological polar surface area (TPSA) is 38.3 Å². The zero-order valence-electron chi connectivity index (χ0n) is 11.4. The van der Waals surface area contributed by atoms with Gasteiger partial charge in [-0.3, -0.25) is 4.79 Å². The van der Waals surface area contributed by atoms with Gasteiger partial charge in [-0.05, 0) is 30.2 Å². The Kier molecular flexibility index (Phi) is 4.64. The number of anilines is 1. The Hall–Kier alpha value is -2.00. The molecule has 0 saturated carbocycles. The van der Waals surface area contributed by atoms with Crippen molar-refractivity contribution in [3.8, 4) is 5.75 Å². The van der Waals surface area contributed by atoms with E-state index < -0.39 is 5.38 Å². The molecule has 104 valence electrons. The van der Waals surface area contributed by atoms with Crippen molar-refractivity contribution in [2.24, 2.45) is 0 Å². The summed E-state index contributed by atoms with van der Waals surface area (Å²) in [5, 5.41) is 2.07. The van der Waals surface area contributed by atoms with Crippen molar-refractivity contribution in [3.05, 3.63) is 59.7 Å². The van der Waals surface area contributed by atoms with E-state index in [9.17, 15) is 4.79 Å². The number of ether oxygens (including phenoxy) is 1. The Morgan fingerprint density at radius 2 is 1.90 bits per heavy atom. The lowest BCUT2D eigenvalue weighted by Gasteiger charge is -2.14. The van der Waals surface area contributed by atoms with Crippen LogP contribution in [0.3, 0.4) is 0 Å². The Bertz CT molecular complexity index is 599. The minimum atomic E-state index is -0.735. The van der Waals surface area contributed by atoms with Crippen LogP contribution >= 0.6 is 11.6 Å². The van der Waals surface area contributed by atoms with Gasteiger partial charge in [0.05, 0.1) is 12.8 Å². The fourth-order valence-corrected chi connectivity index (χ4v) is 2.09. The molecule has 0 fully saturated rings. The van der Waals surface area contributed by atoms with Gasteiger partial charge in [0, 0.05) is 0 Å². The van der Waals surface area contributed by atoms with Gasteiger partial charge >= 0.3 is 0 Å². The summed E-state index contributed by atoms with van der Waals surface area (Å²) in [5.74, 6) is 0.336. The second kappa shape index (κ2) is 6.44. The molecular formula is C16H16ClNO2. The molecule has 2 aromatic rings. The van der Waals surface area contributed by atoms with Crippen molar-refractivity contribution in [1.82, 2.24) is 0 Å². The SMILES string of the molecule is COc1ccc(C)cc1NC(=O)[C@H](Cl)c1ccccc1. The molecule has 0 bridgehead atoms. The fourth-order valence-electron chi connectivity index (χ4n) is 1.89. The van der Waals surface area contributed by atoms with Gasteiger partial charge in [0.2, 0.25) is 5.91 Å². The molecule has 3 nitrogen and oxygen atoms in total. The molecule has 2 rings (SSSR count). The first-order valence-electron chi connectivity index (χ1n) is 6.26. The molecule has 0 aliphatic rings. The molecule has 1 amide bonds. The smallest absolute Gasteiger partial charge is 0.247 e. The van der Waals surface area contributed by atoms with E-state index in [0.29, 0.717) is 11.4 Å². The number of methoxy groups -OCH3 is 1. The molecule has 20 heavy (non-hydrogen) atoms. The minimum absolute atomic E-state index is 0.276. The third kappa shape index (κ3) is 3.31. The molecule has 0 aliphatic heterocycles. The van der Waals surface area contributed by atoms with E-state index in [-0.39, 0.29) is 5.91 Å². The largest absolute Gasteiger partial charge is 0.495 e. The highest BCUT2D eigenvalue weighted by Gasteiger charge is 2.18. The molecule has 0 aromatic heterocycles. The van der Waals surface area contributed by atoms with Crippen LogP contribution < -0.4 is 10.1 Å². The maximum atomic E-state index is 12.2. The number of benzene rings is 2. The predicted octanol–water partition coefficient (Wildman–Crippen LogP) is 3.92. The van der Waals surface area contributed by atoms with E-state index >= 15 is 0 Å². The predicted molar refractivity (Wildman–Crippen MR) is 81.4 cm³/mol. The highest BCUT2D eigenvalue weighted by atomic mass is 35.5. The molecule has 0 spiro atoms. The Morgan fingerprint density at radius 3 is 2.55 bits per heavy atom. The summed E-state index contributed by atoms with van der Waals surface area (Å²) in [6.07, 6.45) is 0. The van der Waals surface area contributed by atoms with E-state index in [0.717, 1.165) is 11.1 Å². The van der Waals surface area contributed by atoms with Crippen LogP contribution in [0.25, 0.3) is 0 Å². The van der Waals surface area contributed by atoms with Crippen LogP contribution in [-0.4, -0.2) is 13.0 Å². The quantitative estimate of drug-likeness (QED) is 0.866. The summed E-state index contributed by atoms with van der Waals surface area (Å²) in [5.41, 5.74) is 2.42. The van der Waals surface area contributed by atoms with Crippen LogP contribution in [0.1, 0.15) is 16.5 Å². The first-order valence-corrected chi connectivity index (χ1v) is 6.70. The van der Waals surface area contributed by atoms with Gasteiger partial charge in [0.25, 0.3) is 0 Å². The molecule has 1 N–H and O–H groups in total. The third-order valence-corrected chi connectivity index (χ3v) is 3.39. The second-order valence-electron chi connectivity index (χ2n) is 4.47. The minimum Gasteiger partial charge on any atom is -0.495 e. The van der Waals surface area contributed by atoms with Crippen LogP contribution in [0.4, 0.5) is 5.69 Å². The third-order valence-electron chi connectivity index (χ3n) is 2.94. The van der Waals surface area contributed by atoms with Gasteiger partial charge in [-0.25, -0.2) is 0 Å². The first kappa shape index (κ1) is 14.4. The molecule has 4 heteroatoms. The molecule has 0 unspecified atom stereocenters. The molecular weight excluding hydrogens is 274 g/mol. The summed E-state index contributed by atoms with van der Waals surface area (Å²) in [4.78, 5) is 12.2. The van der Waals surface area contributed by atoms with Crippen molar-refractivity contribution in [2.75, 3.05) is 12.4 Å². The molecule has 0 saturated heterocycles. The van der Waals surface area contributed by atoms with Crippen LogP contribution in [0.5, 0.6) is 5.75 Å². The van der Waals surface area contributed by atoms with Crippen LogP contribution in [0.2, 0.25) is 0 Å². The van der Waals surface area contributed by atoms with Crippen LogP contribution in [-0.2, 0) is 4.79 Å². The monoisotopic (exact) mass is 289 g/mol. The van der Waals surface area contributed by atoms with Gasteiger partial charge in [0.15, 0.2) is 0 Å². The number of rotatable bonds is 4. The Morgan fingerprint density at radius 1 is 1.20 bits per heavy atom.